The smallest absolute Gasteiger partial charge is 0.119 e. The molecular weight excluding hydrogens is 228 g/mol. The zero-order valence-corrected chi connectivity index (χ0v) is 11.0. The van der Waals surface area contributed by atoms with Gasteiger partial charge in [-0.15, -0.1) is 12.3 Å². The Kier molecular flexibility index (Phi) is 5.54. The lowest BCUT2D eigenvalue weighted by molar-refractivity contribution is 0.0302. The summed E-state index contributed by atoms with van der Waals surface area (Å²) in [6.07, 6.45) is 6.91. The van der Waals surface area contributed by atoms with E-state index in [1.807, 2.05) is 24.3 Å². The highest BCUT2D eigenvalue weighted by molar-refractivity contribution is 5.31. The molecule has 0 aromatic heterocycles. The Labute approximate surface area is 109 Å². The van der Waals surface area contributed by atoms with Crippen molar-refractivity contribution >= 4 is 0 Å². The van der Waals surface area contributed by atoms with Crippen molar-refractivity contribution in [1.29, 1.82) is 0 Å². The molecule has 0 bridgehead atoms. The molecule has 1 aromatic rings. The minimum absolute atomic E-state index is 0.462. The largest absolute Gasteiger partial charge is 0.497 e. The Bertz CT molecular complexity index is 387. The van der Waals surface area contributed by atoms with Crippen LogP contribution in [0.1, 0.15) is 26.2 Å². The number of benzene rings is 1. The molecule has 0 saturated heterocycles. The van der Waals surface area contributed by atoms with E-state index in [0.29, 0.717) is 25.9 Å². The summed E-state index contributed by atoms with van der Waals surface area (Å²) in [5.41, 5.74) is -0.765. The fraction of sp³-hybridized carbons (Fsp3) is 0.467. The summed E-state index contributed by atoms with van der Waals surface area (Å²) in [5.74, 6) is 4.09. The maximum absolute atomic E-state index is 10.0. The van der Waals surface area contributed by atoms with Crippen molar-refractivity contribution in [3.05, 3.63) is 24.3 Å². The summed E-state index contributed by atoms with van der Waals surface area (Å²) in [5, 5.41) is 10.0. The number of ether oxygens (including phenoxy) is 2. The lowest BCUT2D eigenvalue weighted by Gasteiger charge is -2.22. The second-order valence-corrected chi connectivity index (χ2v) is 4.48. The molecule has 0 aliphatic carbocycles. The maximum Gasteiger partial charge on any atom is 0.119 e. The monoisotopic (exact) mass is 248 g/mol. The van der Waals surface area contributed by atoms with E-state index in [1.165, 1.54) is 0 Å². The number of terminal acetylenes is 1. The van der Waals surface area contributed by atoms with Gasteiger partial charge in [0.2, 0.25) is 0 Å². The summed E-state index contributed by atoms with van der Waals surface area (Å²) >= 11 is 0. The first-order valence-corrected chi connectivity index (χ1v) is 6.00. The van der Waals surface area contributed by atoms with Gasteiger partial charge in [-0.05, 0) is 37.6 Å². The minimum atomic E-state index is -0.765. The molecule has 0 fully saturated rings. The molecule has 1 atom stereocenters. The predicted octanol–water partition coefficient (Wildman–Crippen LogP) is 2.63. The standard InChI is InChI=1S/C15H20O3/c1-4-5-10-15(2,16)11-12-18-14-8-6-13(17-3)7-9-14/h1,6-9,16H,5,10-12H2,2-3H3/t15-/m1/s1. The Hall–Kier alpha value is -1.66. The third-order valence-corrected chi connectivity index (χ3v) is 2.78. The van der Waals surface area contributed by atoms with E-state index in [1.54, 1.807) is 14.0 Å². The van der Waals surface area contributed by atoms with Gasteiger partial charge in [0.25, 0.3) is 0 Å². The van der Waals surface area contributed by atoms with Crippen LogP contribution in [0, 0.1) is 12.3 Å². The minimum Gasteiger partial charge on any atom is -0.497 e. The van der Waals surface area contributed by atoms with Crippen molar-refractivity contribution in [1.82, 2.24) is 0 Å². The van der Waals surface area contributed by atoms with E-state index in [2.05, 4.69) is 5.92 Å². The summed E-state index contributed by atoms with van der Waals surface area (Å²) < 4.78 is 10.6. The van der Waals surface area contributed by atoms with Gasteiger partial charge in [-0.3, -0.25) is 0 Å². The molecule has 0 radical (unpaired) electrons. The average Bonchev–Trinajstić information content (AvgIpc) is 2.37. The van der Waals surface area contributed by atoms with Crippen LogP contribution in [0.3, 0.4) is 0 Å². The van der Waals surface area contributed by atoms with E-state index < -0.39 is 5.60 Å². The lowest BCUT2D eigenvalue weighted by atomic mass is 9.97. The molecular formula is C15H20O3. The van der Waals surface area contributed by atoms with Gasteiger partial charge >= 0.3 is 0 Å². The Morgan fingerprint density at radius 1 is 1.22 bits per heavy atom. The van der Waals surface area contributed by atoms with Gasteiger partial charge in [0.1, 0.15) is 11.5 Å². The molecule has 18 heavy (non-hydrogen) atoms. The van der Waals surface area contributed by atoms with Crippen molar-refractivity contribution in [2.45, 2.75) is 31.8 Å². The molecule has 1 aromatic carbocycles. The molecule has 0 aliphatic rings. The number of hydrogen-bond donors (Lipinski definition) is 1. The van der Waals surface area contributed by atoms with Gasteiger partial charge in [0.05, 0.1) is 19.3 Å². The first-order chi connectivity index (χ1) is 8.57. The molecule has 0 amide bonds. The van der Waals surface area contributed by atoms with E-state index in [4.69, 9.17) is 15.9 Å². The molecule has 3 nitrogen and oxygen atoms in total. The van der Waals surface area contributed by atoms with Gasteiger partial charge in [0, 0.05) is 12.8 Å². The summed E-state index contributed by atoms with van der Waals surface area (Å²) in [7, 11) is 1.62. The fourth-order valence-corrected chi connectivity index (χ4v) is 1.53. The second-order valence-electron chi connectivity index (χ2n) is 4.48. The first kappa shape index (κ1) is 14.4. The Morgan fingerprint density at radius 3 is 2.39 bits per heavy atom. The third kappa shape index (κ3) is 5.11. The van der Waals surface area contributed by atoms with Crippen LogP contribution in [0.2, 0.25) is 0 Å². The molecule has 3 heteroatoms. The Balaban J connectivity index is 2.34. The van der Waals surface area contributed by atoms with Crippen LogP contribution in [0.4, 0.5) is 0 Å². The van der Waals surface area contributed by atoms with Crippen LogP contribution in [0.15, 0.2) is 24.3 Å². The molecule has 1 rings (SSSR count). The van der Waals surface area contributed by atoms with Crippen LogP contribution < -0.4 is 9.47 Å². The van der Waals surface area contributed by atoms with Crippen molar-refractivity contribution in [2.75, 3.05) is 13.7 Å². The van der Waals surface area contributed by atoms with E-state index in [9.17, 15) is 5.11 Å². The van der Waals surface area contributed by atoms with Crippen LogP contribution in [0.5, 0.6) is 11.5 Å². The molecule has 0 saturated carbocycles. The summed E-state index contributed by atoms with van der Waals surface area (Å²) in [6, 6.07) is 7.36. The summed E-state index contributed by atoms with van der Waals surface area (Å²) in [6.45, 7) is 2.24. The van der Waals surface area contributed by atoms with Crippen molar-refractivity contribution in [3.8, 4) is 23.8 Å². The van der Waals surface area contributed by atoms with Gasteiger partial charge in [-0.1, -0.05) is 0 Å². The Morgan fingerprint density at radius 2 is 1.83 bits per heavy atom. The van der Waals surface area contributed by atoms with Gasteiger partial charge in [-0.25, -0.2) is 0 Å². The molecule has 98 valence electrons. The third-order valence-electron chi connectivity index (χ3n) is 2.78. The highest BCUT2D eigenvalue weighted by Gasteiger charge is 2.19. The van der Waals surface area contributed by atoms with Crippen molar-refractivity contribution < 1.29 is 14.6 Å². The lowest BCUT2D eigenvalue weighted by Crippen LogP contribution is -2.26. The van der Waals surface area contributed by atoms with Crippen molar-refractivity contribution in [3.63, 3.8) is 0 Å². The summed E-state index contributed by atoms with van der Waals surface area (Å²) in [4.78, 5) is 0. The number of methoxy groups -OCH3 is 1. The van der Waals surface area contributed by atoms with Gasteiger partial charge in [0.15, 0.2) is 0 Å². The van der Waals surface area contributed by atoms with E-state index >= 15 is 0 Å². The second kappa shape index (κ2) is 6.93. The number of aliphatic hydroxyl groups is 1. The van der Waals surface area contributed by atoms with E-state index in [0.717, 1.165) is 11.5 Å². The molecule has 0 spiro atoms. The maximum atomic E-state index is 10.0. The van der Waals surface area contributed by atoms with E-state index in [-0.39, 0.29) is 0 Å². The van der Waals surface area contributed by atoms with Crippen LogP contribution in [-0.2, 0) is 0 Å². The zero-order chi connectivity index (χ0) is 13.4. The SMILES string of the molecule is C#CCC[C@@](C)(O)CCOc1ccc(OC)cc1. The normalized spacial score (nSPS) is 13.4. The quantitative estimate of drug-likeness (QED) is 0.754. The highest BCUT2D eigenvalue weighted by Crippen LogP contribution is 2.20. The zero-order valence-electron chi connectivity index (χ0n) is 11.0. The van der Waals surface area contributed by atoms with Crippen LogP contribution >= 0.6 is 0 Å². The highest BCUT2D eigenvalue weighted by atomic mass is 16.5. The fourth-order valence-electron chi connectivity index (χ4n) is 1.53. The van der Waals surface area contributed by atoms with Crippen LogP contribution in [-0.4, -0.2) is 24.4 Å². The van der Waals surface area contributed by atoms with Crippen LogP contribution in [0.25, 0.3) is 0 Å². The predicted molar refractivity (Wildman–Crippen MR) is 71.8 cm³/mol. The average molecular weight is 248 g/mol. The number of rotatable bonds is 7. The molecule has 0 unspecified atom stereocenters. The molecule has 0 heterocycles. The number of hydrogen-bond acceptors (Lipinski definition) is 3. The van der Waals surface area contributed by atoms with Gasteiger partial charge < -0.3 is 14.6 Å². The van der Waals surface area contributed by atoms with Gasteiger partial charge in [-0.2, -0.15) is 0 Å². The molecule has 1 N–H and O–H groups in total. The molecule has 0 aliphatic heterocycles. The first-order valence-electron chi connectivity index (χ1n) is 6.00. The van der Waals surface area contributed by atoms with Crippen molar-refractivity contribution in [2.24, 2.45) is 0 Å². The topological polar surface area (TPSA) is 38.7 Å².